The molecule has 0 aromatic carbocycles. The van der Waals surface area contributed by atoms with Crippen molar-refractivity contribution < 1.29 is 0 Å². The summed E-state index contributed by atoms with van der Waals surface area (Å²) in [5, 5.41) is 0. The molecule has 0 unspecified atom stereocenters. The van der Waals surface area contributed by atoms with Crippen molar-refractivity contribution >= 4 is 0 Å². The van der Waals surface area contributed by atoms with Crippen LogP contribution >= 0.6 is 0 Å². The summed E-state index contributed by atoms with van der Waals surface area (Å²) >= 11 is 0. The predicted octanol–water partition coefficient (Wildman–Crippen LogP) is 11.5. The molecule has 0 aromatic rings. The van der Waals surface area contributed by atoms with Crippen LogP contribution in [-0.4, -0.2) is 96.1 Å². The van der Waals surface area contributed by atoms with E-state index >= 15 is 0 Å². The van der Waals surface area contributed by atoms with Crippen molar-refractivity contribution in [2.75, 3.05) is 52.4 Å². The average Bonchev–Trinajstić information content (AvgIpc) is 3.40. The minimum absolute atomic E-state index is 0. The number of rotatable bonds is 4. The van der Waals surface area contributed by atoms with Gasteiger partial charge in [-0.05, 0) is 153 Å². The molecule has 0 spiro atoms. The van der Waals surface area contributed by atoms with Crippen LogP contribution in [0, 0.1) is 0 Å². The second-order valence-electron chi connectivity index (χ2n) is 12.1. The van der Waals surface area contributed by atoms with E-state index in [1.165, 1.54) is 117 Å². The van der Waals surface area contributed by atoms with Crippen LogP contribution in [0.4, 0.5) is 0 Å². The summed E-state index contributed by atoms with van der Waals surface area (Å²) in [5.74, 6) is 0. The maximum absolute atomic E-state index is 2.59. The molecule has 0 aliphatic carbocycles. The second kappa shape index (κ2) is 39.9. The Morgan fingerprint density at radius 1 is 0.256 bits per heavy atom. The van der Waals surface area contributed by atoms with Crippen molar-refractivity contribution in [2.45, 2.75) is 207 Å². The van der Waals surface area contributed by atoms with E-state index in [2.05, 4.69) is 75.0 Å². The molecule has 0 aromatic heterocycles. The fourth-order valence-electron chi connectivity index (χ4n) is 5.16. The van der Waals surface area contributed by atoms with Gasteiger partial charge in [0.2, 0.25) is 0 Å². The summed E-state index contributed by atoms with van der Waals surface area (Å²) in [6, 6.07) is 3.09. The van der Waals surface area contributed by atoms with Gasteiger partial charge in [-0.2, -0.15) is 0 Å². The molecule has 4 fully saturated rings. The SMILES string of the molecule is C.CC.CC.CC.CC.CC(C)N1CCC1.CC(C)N1CCCC1.CC(C)N1CCCCC1.CC(C)N1CCCCCC1. The molecule has 4 nitrogen and oxygen atoms in total. The molecule has 4 aliphatic heterocycles. The summed E-state index contributed by atoms with van der Waals surface area (Å²) in [7, 11) is 0. The highest BCUT2D eigenvalue weighted by atomic mass is 15.2. The van der Waals surface area contributed by atoms with Gasteiger partial charge in [-0.3, -0.25) is 0 Å². The van der Waals surface area contributed by atoms with Crippen molar-refractivity contribution in [1.82, 2.24) is 19.6 Å². The lowest BCUT2D eigenvalue weighted by atomic mass is 10.1. The molecule has 4 heteroatoms. The average molecular weight is 617 g/mol. The molecule has 0 N–H and O–H groups in total. The molecule has 268 valence electrons. The summed E-state index contributed by atoms with van der Waals surface area (Å²) < 4.78 is 0. The third kappa shape index (κ3) is 31.6. The highest BCUT2D eigenvalue weighted by Gasteiger charge is 2.15. The topological polar surface area (TPSA) is 13.0 Å². The molecule has 0 atom stereocenters. The van der Waals surface area contributed by atoms with Gasteiger partial charge in [-0.15, -0.1) is 0 Å². The molecule has 0 radical (unpaired) electrons. The number of likely N-dealkylation sites (tertiary alicyclic amines) is 4. The van der Waals surface area contributed by atoms with Crippen LogP contribution in [0.15, 0.2) is 0 Å². The highest BCUT2D eigenvalue weighted by molar-refractivity contribution is 4.71. The van der Waals surface area contributed by atoms with Crippen LogP contribution in [0.1, 0.15) is 182 Å². The maximum atomic E-state index is 2.59. The van der Waals surface area contributed by atoms with Gasteiger partial charge in [-0.1, -0.05) is 82.1 Å². The van der Waals surface area contributed by atoms with Crippen LogP contribution in [0.25, 0.3) is 0 Å². The number of hydrogen-bond acceptors (Lipinski definition) is 4. The largest absolute Gasteiger partial charge is 0.301 e. The predicted molar refractivity (Wildman–Crippen MR) is 205 cm³/mol. The normalized spacial score (nSPS) is 18.7. The monoisotopic (exact) mass is 617 g/mol. The van der Waals surface area contributed by atoms with E-state index in [9.17, 15) is 0 Å². The third-order valence-corrected chi connectivity index (χ3v) is 7.98. The van der Waals surface area contributed by atoms with Crippen molar-refractivity contribution in [3.05, 3.63) is 0 Å². The van der Waals surface area contributed by atoms with Gasteiger partial charge >= 0.3 is 0 Å². The van der Waals surface area contributed by atoms with E-state index in [1.54, 1.807) is 0 Å². The Bertz CT molecular complexity index is 440. The van der Waals surface area contributed by atoms with Gasteiger partial charge in [0.25, 0.3) is 0 Å². The van der Waals surface area contributed by atoms with Crippen molar-refractivity contribution in [1.29, 1.82) is 0 Å². The molecule has 43 heavy (non-hydrogen) atoms. The van der Waals surface area contributed by atoms with E-state index < -0.39 is 0 Å². The third-order valence-electron chi connectivity index (χ3n) is 7.98. The fraction of sp³-hybridized carbons (Fsp3) is 1.00. The van der Waals surface area contributed by atoms with E-state index in [-0.39, 0.29) is 7.43 Å². The Morgan fingerprint density at radius 3 is 0.535 bits per heavy atom. The van der Waals surface area contributed by atoms with Gasteiger partial charge in [0.05, 0.1) is 0 Å². The highest BCUT2D eigenvalue weighted by Crippen LogP contribution is 2.12. The molecule has 0 amide bonds. The maximum Gasteiger partial charge on any atom is 0.00386 e. The fourth-order valence-corrected chi connectivity index (χ4v) is 5.16. The van der Waals surface area contributed by atoms with Gasteiger partial charge < -0.3 is 19.6 Å². The first-order chi connectivity index (χ1) is 20.2. The summed E-state index contributed by atoms with van der Waals surface area (Å²) in [4.78, 5) is 10.1. The zero-order valence-electron chi connectivity index (χ0n) is 32.8. The number of piperidine rings is 1. The van der Waals surface area contributed by atoms with Gasteiger partial charge in [-0.25, -0.2) is 0 Å². The van der Waals surface area contributed by atoms with Gasteiger partial charge in [0.1, 0.15) is 0 Å². The molecular weight excluding hydrogens is 524 g/mol. The number of hydrogen-bond donors (Lipinski definition) is 0. The summed E-state index contributed by atoms with van der Waals surface area (Å²) in [6.45, 7) is 44.8. The quantitative estimate of drug-likeness (QED) is 0.311. The zero-order chi connectivity index (χ0) is 33.3. The second-order valence-corrected chi connectivity index (χ2v) is 12.1. The lowest BCUT2D eigenvalue weighted by molar-refractivity contribution is 0.138. The minimum atomic E-state index is 0. The standard InChI is InChI=1S/C9H19N.C8H17N.C7H15N.C6H13N.4C2H6.CH4/c1-9(2)10-7-5-3-4-6-8-10;1-8(2)9-6-4-3-5-7-9;1-7(2)8-5-3-4-6-8;1-6(2)7-4-3-5-7;4*1-2;/h9H,3-8H2,1-2H3;8H,3-7H2,1-2H3;7H,3-6H2,1-2H3;6H,3-5H2,1-2H3;4*1-2H3;1H4. The van der Waals surface area contributed by atoms with E-state index in [4.69, 9.17) is 0 Å². The van der Waals surface area contributed by atoms with Gasteiger partial charge in [0.15, 0.2) is 0 Å². The first-order valence-electron chi connectivity index (χ1n) is 19.2. The lowest BCUT2D eigenvalue weighted by Gasteiger charge is -2.34. The Kier molecular flexibility index (Phi) is 48.6. The van der Waals surface area contributed by atoms with Crippen LogP contribution in [-0.2, 0) is 0 Å². The van der Waals surface area contributed by atoms with Crippen LogP contribution in [0.3, 0.4) is 0 Å². The van der Waals surface area contributed by atoms with Crippen molar-refractivity contribution in [2.24, 2.45) is 0 Å². The van der Waals surface area contributed by atoms with E-state index in [0.717, 1.165) is 24.2 Å². The lowest BCUT2D eigenvalue weighted by Crippen LogP contribution is -2.41. The van der Waals surface area contributed by atoms with E-state index in [1.807, 2.05) is 55.4 Å². The Morgan fingerprint density at radius 2 is 0.395 bits per heavy atom. The molecule has 4 aliphatic rings. The molecule has 0 bridgehead atoms. The molecule has 4 saturated heterocycles. The molecule has 4 rings (SSSR count). The zero-order valence-corrected chi connectivity index (χ0v) is 32.8. The van der Waals surface area contributed by atoms with Crippen LogP contribution in [0.2, 0.25) is 0 Å². The summed E-state index contributed by atoms with van der Waals surface area (Å²) in [6.07, 6.45) is 14.2. The minimum Gasteiger partial charge on any atom is -0.301 e. The van der Waals surface area contributed by atoms with Crippen molar-refractivity contribution in [3.8, 4) is 0 Å². The Balaban J connectivity index is -0.000000138. The van der Waals surface area contributed by atoms with Gasteiger partial charge in [0, 0.05) is 24.2 Å². The van der Waals surface area contributed by atoms with Crippen LogP contribution < -0.4 is 0 Å². The Hall–Kier alpha value is -0.160. The molecule has 4 heterocycles. The first-order valence-corrected chi connectivity index (χ1v) is 19.2. The van der Waals surface area contributed by atoms with Crippen molar-refractivity contribution in [3.63, 3.8) is 0 Å². The smallest absolute Gasteiger partial charge is 0.00386 e. The summed E-state index contributed by atoms with van der Waals surface area (Å²) in [5.41, 5.74) is 0. The molecule has 0 saturated carbocycles. The first kappa shape index (κ1) is 52.4. The van der Waals surface area contributed by atoms with Crippen LogP contribution in [0.5, 0.6) is 0 Å². The van der Waals surface area contributed by atoms with E-state index in [0.29, 0.717) is 0 Å². The Labute approximate surface area is 278 Å². The molecular formula is C39H92N4. The number of nitrogens with zero attached hydrogens (tertiary/aromatic N) is 4.